The van der Waals surface area contributed by atoms with Crippen molar-refractivity contribution in [3.63, 3.8) is 0 Å². The third kappa shape index (κ3) is 4.51. The van der Waals surface area contributed by atoms with Crippen molar-refractivity contribution in [2.45, 2.75) is 12.8 Å². The average Bonchev–Trinajstić information content (AvgIpc) is 2.23. The van der Waals surface area contributed by atoms with Gasteiger partial charge in [-0.3, -0.25) is 4.72 Å². The summed E-state index contributed by atoms with van der Waals surface area (Å²) in [6.07, 6.45) is 0.873. The van der Waals surface area contributed by atoms with Gasteiger partial charge in [0.25, 0.3) is 0 Å². The third-order valence-electron chi connectivity index (χ3n) is 2.13. The van der Waals surface area contributed by atoms with E-state index in [1.807, 2.05) is 4.72 Å². The van der Waals surface area contributed by atoms with E-state index < -0.39 is 27.3 Å². The molecule has 0 unspecified atom stereocenters. The maximum Gasteiger partial charge on any atom is 0.232 e. The molecule has 0 spiro atoms. The summed E-state index contributed by atoms with van der Waals surface area (Å²) >= 11 is 2.91. The largest absolute Gasteiger partial charge is 0.330 e. The molecule has 0 amide bonds. The topological polar surface area (TPSA) is 72.2 Å². The molecule has 0 aliphatic rings. The summed E-state index contributed by atoms with van der Waals surface area (Å²) in [5, 5.41) is 0. The van der Waals surface area contributed by atoms with Gasteiger partial charge in [0.15, 0.2) is 11.6 Å². The normalized spacial score (nSPS) is 11.6. The highest BCUT2D eigenvalue weighted by Crippen LogP contribution is 2.24. The minimum atomic E-state index is -3.77. The van der Waals surface area contributed by atoms with E-state index in [4.69, 9.17) is 5.73 Å². The zero-order chi connectivity index (χ0) is 13.8. The molecule has 0 saturated carbocycles. The number of nitrogens with two attached hydrogens (primary N) is 1. The summed E-state index contributed by atoms with van der Waals surface area (Å²) in [6, 6.07) is 1.97. The molecule has 0 aromatic heterocycles. The van der Waals surface area contributed by atoms with Crippen molar-refractivity contribution in [1.29, 1.82) is 0 Å². The molecule has 0 atom stereocenters. The van der Waals surface area contributed by atoms with Crippen molar-refractivity contribution in [3.05, 3.63) is 28.2 Å². The number of unbranched alkanes of at least 4 members (excludes halogenated alkanes) is 1. The minimum absolute atomic E-state index is 0.198. The Hall–Kier alpha value is -0.730. The molecule has 0 aliphatic heterocycles. The molecule has 0 aliphatic carbocycles. The number of sulfonamides is 1. The van der Waals surface area contributed by atoms with Crippen molar-refractivity contribution in [2.24, 2.45) is 5.73 Å². The van der Waals surface area contributed by atoms with Crippen LogP contribution in [-0.4, -0.2) is 20.7 Å². The van der Waals surface area contributed by atoms with Gasteiger partial charge in [0.05, 0.1) is 5.75 Å². The molecule has 0 fully saturated rings. The van der Waals surface area contributed by atoms with Gasteiger partial charge in [-0.05, 0) is 31.5 Å². The highest BCUT2D eigenvalue weighted by molar-refractivity contribution is 9.10. The quantitative estimate of drug-likeness (QED) is 0.778. The van der Waals surface area contributed by atoms with Crippen LogP contribution >= 0.6 is 15.9 Å². The van der Waals surface area contributed by atoms with Gasteiger partial charge in [-0.2, -0.15) is 0 Å². The monoisotopic (exact) mass is 342 g/mol. The first-order valence-corrected chi connectivity index (χ1v) is 7.65. The fourth-order valence-electron chi connectivity index (χ4n) is 1.28. The highest BCUT2D eigenvalue weighted by atomic mass is 79.9. The number of rotatable bonds is 6. The second kappa shape index (κ2) is 6.44. The molecular formula is C10H13BrF2N2O2S. The van der Waals surface area contributed by atoms with Crippen molar-refractivity contribution < 1.29 is 17.2 Å². The lowest BCUT2D eigenvalue weighted by atomic mass is 10.3. The number of hydrogen-bond acceptors (Lipinski definition) is 3. The van der Waals surface area contributed by atoms with Crippen molar-refractivity contribution >= 4 is 31.6 Å². The van der Waals surface area contributed by atoms with Crippen molar-refractivity contribution in [2.75, 3.05) is 17.0 Å². The molecule has 4 nitrogen and oxygen atoms in total. The zero-order valence-electron chi connectivity index (χ0n) is 9.42. The summed E-state index contributed by atoms with van der Waals surface area (Å²) in [5.41, 5.74) is 4.57. The van der Waals surface area contributed by atoms with Gasteiger partial charge in [-0.25, -0.2) is 17.2 Å². The molecule has 1 aromatic carbocycles. The Morgan fingerprint density at radius 2 is 1.78 bits per heavy atom. The summed E-state index contributed by atoms with van der Waals surface area (Å²) in [6.45, 7) is 0.372. The van der Waals surface area contributed by atoms with Crippen LogP contribution in [0.5, 0.6) is 0 Å². The second-order valence-electron chi connectivity index (χ2n) is 3.66. The Morgan fingerprint density at radius 1 is 1.22 bits per heavy atom. The Balaban J connectivity index is 2.84. The number of anilines is 1. The van der Waals surface area contributed by atoms with E-state index in [-0.39, 0.29) is 10.2 Å². The summed E-state index contributed by atoms with van der Waals surface area (Å²) in [7, 11) is -3.77. The molecule has 102 valence electrons. The van der Waals surface area contributed by atoms with Gasteiger partial charge < -0.3 is 5.73 Å². The lowest BCUT2D eigenvalue weighted by Crippen LogP contribution is -2.19. The van der Waals surface area contributed by atoms with Crippen LogP contribution in [0.4, 0.5) is 14.5 Å². The van der Waals surface area contributed by atoms with Crippen LogP contribution in [0.15, 0.2) is 16.6 Å². The first kappa shape index (κ1) is 15.3. The fourth-order valence-corrected chi connectivity index (χ4v) is 2.88. The first-order valence-electron chi connectivity index (χ1n) is 5.21. The molecule has 0 heterocycles. The Kier molecular flexibility index (Phi) is 5.48. The van der Waals surface area contributed by atoms with E-state index in [2.05, 4.69) is 15.9 Å². The summed E-state index contributed by atoms with van der Waals surface area (Å²) < 4.78 is 52.1. The van der Waals surface area contributed by atoms with Gasteiger partial charge in [-0.1, -0.05) is 15.9 Å². The molecule has 0 bridgehead atoms. The minimum Gasteiger partial charge on any atom is -0.330 e. The smallest absolute Gasteiger partial charge is 0.232 e. The number of benzene rings is 1. The maximum atomic E-state index is 13.4. The van der Waals surface area contributed by atoms with Gasteiger partial charge in [0, 0.05) is 4.47 Å². The van der Waals surface area contributed by atoms with E-state index in [0.717, 1.165) is 12.1 Å². The van der Waals surface area contributed by atoms with E-state index in [9.17, 15) is 17.2 Å². The predicted octanol–water partition coefficient (Wildman–Crippen LogP) is 2.21. The van der Waals surface area contributed by atoms with Crippen LogP contribution in [0.1, 0.15) is 12.8 Å². The highest BCUT2D eigenvalue weighted by Gasteiger charge is 2.17. The van der Waals surface area contributed by atoms with Crippen LogP contribution in [-0.2, 0) is 10.0 Å². The summed E-state index contributed by atoms with van der Waals surface area (Å²) in [5.74, 6) is -2.16. The Morgan fingerprint density at radius 3 is 2.28 bits per heavy atom. The van der Waals surface area contributed by atoms with E-state index in [0.29, 0.717) is 19.4 Å². The van der Waals surface area contributed by atoms with Gasteiger partial charge in [0.1, 0.15) is 5.69 Å². The van der Waals surface area contributed by atoms with Gasteiger partial charge in [0.2, 0.25) is 10.0 Å². The molecule has 0 radical (unpaired) electrons. The molecule has 18 heavy (non-hydrogen) atoms. The average molecular weight is 343 g/mol. The number of halogens is 3. The zero-order valence-corrected chi connectivity index (χ0v) is 11.8. The van der Waals surface area contributed by atoms with Crippen LogP contribution < -0.4 is 10.5 Å². The molecule has 8 heteroatoms. The Labute approximate surface area is 113 Å². The lowest BCUT2D eigenvalue weighted by Gasteiger charge is -2.10. The first-order chi connectivity index (χ1) is 8.35. The van der Waals surface area contributed by atoms with Crippen molar-refractivity contribution in [3.8, 4) is 0 Å². The Bertz CT molecular complexity index is 500. The standard InChI is InChI=1S/C10H13BrF2N2O2S/c11-7-5-8(12)10(9(13)6-7)15-18(16,17)4-2-1-3-14/h5-6,15H,1-4,14H2. The van der Waals surface area contributed by atoms with E-state index in [1.54, 1.807) is 0 Å². The van der Waals surface area contributed by atoms with Crippen molar-refractivity contribution in [1.82, 2.24) is 0 Å². The molecular weight excluding hydrogens is 330 g/mol. The molecule has 1 aromatic rings. The summed E-state index contributed by atoms with van der Waals surface area (Å²) in [4.78, 5) is 0. The third-order valence-corrected chi connectivity index (χ3v) is 3.93. The maximum absolute atomic E-state index is 13.4. The van der Waals surface area contributed by atoms with Gasteiger partial charge >= 0.3 is 0 Å². The molecule has 3 N–H and O–H groups in total. The number of nitrogens with one attached hydrogen (secondary N) is 1. The lowest BCUT2D eigenvalue weighted by molar-refractivity contribution is 0.580. The molecule has 0 saturated heterocycles. The van der Waals surface area contributed by atoms with Crippen LogP contribution in [0.3, 0.4) is 0 Å². The SMILES string of the molecule is NCCCCS(=O)(=O)Nc1c(F)cc(Br)cc1F. The van der Waals surface area contributed by atoms with E-state index in [1.165, 1.54) is 0 Å². The van der Waals surface area contributed by atoms with Crippen LogP contribution in [0, 0.1) is 11.6 Å². The van der Waals surface area contributed by atoms with Gasteiger partial charge in [-0.15, -0.1) is 0 Å². The fraction of sp³-hybridized carbons (Fsp3) is 0.400. The van der Waals surface area contributed by atoms with Crippen LogP contribution in [0.2, 0.25) is 0 Å². The predicted molar refractivity (Wildman–Crippen MR) is 69.8 cm³/mol. The molecule has 1 rings (SSSR count). The van der Waals surface area contributed by atoms with Crippen LogP contribution in [0.25, 0.3) is 0 Å². The number of hydrogen-bond donors (Lipinski definition) is 2. The van der Waals surface area contributed by atoms with E-state index >= 15 is 0 Å². The second-order valence-corrected chi connectivity index (χ2v) is 6.42.